The maximum atomic E-state index is 14.1. The Bertz CT molecular complexity index is 607. The molecule has 0 spiro atoms. The first-order valence-corrected chi connectivity index (χ1v) is 7.72. The molecule has 0 bridgehead atoms. The van der Waals surface area contributed by atoms with Crippen LogP contribution < -0.4 is 4.74 Å². The number of methoxy groups -OCH3 is 2. The maximum Gasteiger partial charge on any atom is 0.335 e. The Hall–Kier alpha value is -1.73. The van der Waals surface area contributed by atoms with Crippen molar-refractivity contribution in [1.29, 1.82) is 0 Å². The van der Waals surface area contributed by atoms with E-state index in [9.17, 15) is 13.6 Å². The molecule has 1 heterocycles. The second-order valence-corrected chi connectivity index (χ2v) is 5.97. The molecule has 5 nitrogen and oxygen atoms in total. The van der Waals surface area contributed by atoms with Crippen LogP contribution in [0.15, 0.2) is 12.1 Å². The molecule has 0 amide bonds. The van der Waals surface area contributed by atoms with E-state index in [-0.39, 0.29) is 19.0 Å². The third-order valence-electron chi connectivity index (χ3n) is 4.08. The number of hydrogen-bond donors (Lipinski definition) is 0. The van der Waals surface area contributed by atoms with E-state index in [1.807, 2.05) is 0 Å². The highest BCUT2D eigenvalue weighted by Crippen LogP contribution is 2.45. The highest BCUT2D eigenvalue weighted by atomic mass is 19.2. The van der Waals surface area contributed by atoms with E-state index in [0.29, 0.717) is 12.0 Å². The van der Waals surface area contributed by atoms with E-state index in [2.05, 4.69) is 0 Å². The molecule has 1 unspecified atom stereocenters. The van der Waals surface area contributed by atoms with Gasteiger partial charge in [0.1, 0.15) is 0 Å². The number of hydrogen-bond acceptors (Lipinski definition) is 5. The molecule has 7 heteroatoms. The number of halogens is 2. The van der Waals surface area contributed by atoms with Crippen LogP contribution in [0.25, 0.3) is 0 Å². The topological polar surface area (TPSA) is 54.0 Å². The van der Waals surface area contributed by atoms with Crippen LogP contribution in [-0.4, -0.2) is 45.1 Å². The van der Waals surface area contributed by atoms with Crippen LogP contribution in [0.4, 0.5) is 8.78 Å². The molecule has 1 aliphatic rings. The van der Waals surface area contributed by atoms with Crippen LogP contribution in [0.2, 0.25) is 0 Å². The summed E-state index contributed by atoms with van der Waals surface area (Å²) in [5.41, 5.74) is -0.374. The quantitative estimate of drug-likeness (QED) is 0.743. The summed E-state index contributed by atoms with van der Waals surface area (Å²) in [6.07, 6.45) is -0.560. The lowest BCUT2D eigenvalue weighted by atomic mass is 9.86. The van der Waals surface area contributed by atoms with E-state index >= 15 is 0 Å². The van der Waals surface area contributed by atoms with Gasteiger partial charge in [-0.25, -0.2) is 9.18 Å². The zero-order valence-corrected chi connectivity index (χ0v) is 14.2. The number of esters is 1. The Morgan fingerprint density at radius 2 is 2.08 bits per heavy atom. The van der Waals surface area contributed by atoms with E-state index in [1.165, 1.54) is 20.3 Å². The highest BCUT2D eigenvalue weighted by molar-refractivity contribution is 5.77. The first-order valence-electron chi connectivity index (χ1n) is 7.72. The Balaban J connectivity index is 2.45. The Morgan fingerprint density at radius 3 is 2.67 bits per heavy atom. The standard InChI is InChI=1S/C17H22F2O5/c1-5-23-16(20)15-11(8-17(2,24-15)9-21-3)10-6-7-12(18)13(19)14(10)22-4/h6-7,11,15H,5,8-9H2,1-4H3/t11-,15-,17?/m0/s1. The van der Waals surface area contributed by atoms with Gasteiger partial charge in [0.2, 0.25) is 5.82 Å². The van der Waals surface area contributed by atoms with E-state index in [4.69, 9.17) is 18.9 Å². The van der Waals surface area contributed by atoms with Crippen molar-refractivity contribution in [3.05, 3.63) is 29.3 Å². The molecule has 3 atom stereocenters. The molecule has 0 aliphatic carbocycles. The lowest BCUT2D eigenvalue weighted by Crippen LogP contribution is -2.33. The Morgan fingerprint density at radius 1 is 1.38 bits per heavy atom. The first-order chi connectivity index (χ1) is 11.4. The molecule has 1 fully saturated rings. The van der Waals surface area contributed by atoms with Gasteiger partial charge in [0.05, 0.1) is 25.9 Å². The summed E-state index contributed by atoms with van der Waals surface area (Å²) in [7, 11) is 2.78. The molecule has 1 aromatic carbocycles. The Kier molecular flexibility index (Phi) is 5.77. The van der Waals surface area contributed by atoms with Gasteiger partial charge >= 0.3 is 5.97 Å². The summed E-state index contributed by atoms with van der Waals surface area (Å²) < 4.78 is 48.7. The maximum absolute atomic E-state index is 14.1. The number of ether oxygens (including phenoxy) is 4. The van der Waals surface area contributed by atoms with Gasteiger partial charge in [0.25, 0.3) is 0 Å². The molecule has 2 rings (SSSR count). The molecule has 0 aromatic heterocycles. The van der Waals surface area contributed by atoms with Crippen LogP contribution in [0, 0.1) is 11.6 Å². The molecule has 1 saturated heterocycles. The van der Waals surface area contributed by atoms with Crippen molar-refractivity contribution in [3.63, 3.8) is 0 Å². The third kappa shape index (κ3) is 3.52. The summed E-state index contributed by atoms with van der Waals surface area (Å²) >= 11 is 0. The molecule has 0 radical (unpaired) electrons. The van der Waals surface area contributed by atoms with Crippen molar-refractivity contribution in [2.24, 2.45) is 0 Å². The van der Waals surface area contributed by atoms with Gasteiger partial charge in [-0.3, -0.25) is 0 Å². The molecular weight excluding hydrogens is 322 g/mol. The molecule has 0 saturated carbocycles. The number of rotatable bonds is 6. The average molecular weight is 344 g/mol. The van der Waals surface area contributed by atoms with Gasteiger partial charge in [-0.1, -0.05) is 6.07 Å². The summed E-state index contributed by atoms with van der Waals surface area (Å²) in [6, 6.07) is 2.43. The minimum Gasteiger partial charge on any atom is -0.493 e. The largest absolute Gasteiger partial charge is 0.493 e. The van der Waals surface area contributed by atoms with Crippen LogP contribution >= 0.6 is 0 Å². The summed E-state index contributed by atoms with van der Waals surface area (Å²) in [5, 5.41) is 0. The number of benzene rings is 1. The van der Waals surface area contributed by atoms with Gasteiger partial charge in [-0.15, -0.1) is 0 Å². The number of carbonyl (C=O) groups excluding carboxylic acids is 1. The fourth-order valence-corrected chi connectivity index (χ4v) is 3.16. The minimum atomic E-state index is -1.09. The van der Waals surface area contributed by atoms with Gasteiger partial charge in [-0.05, 0) is 26.3 Å². The van der Waals surface area contributed by atoms with E-state index in [1.54, 1.807) is 13.8 Å². The van der Waals surface area contributed by atoms with E-state index in [0.717, 1.165) is 6.07 Å². The van der Waals surface area contributed by atoms with Crippen molar-refractivity contribution in [2.45, 2.75) is 37.9 Å². The second kappa shape index (κ2) is 7.44. The summed E-state index contributed by atoms with van der Waals surface area (Å²) in [4.78, 5) is 12.3. The van der Waals surface area contributed by atoms with Crippen LogP contribution in [0.3, 0.4) is 0 Å². The summed E-state index contributed by atoms with van der Waals surface area (Å²) in [5.74, 6) is -3.40. The van der Waals surface area contributed by atoms with Crippen LogP contribution in [-0.2, 0) is 19.0 Å². The average Bonchev–Trinajstić information content (AvgIpc) is 2.88. The molecule has 24 heavy (non-hydrogen) atoms. The molecule has 0 N–H and O–H groups in total. The molecule has 1 aliphatic heterocycles. The fourth-order valence-electron chi connectivity index (χ4n) is 3.16. The SMILES string of the molecule is CCOC(=O)[C@H]1OC(C)(COC)C[C@H]1c1ccc(F)c(F)c1OC. The third-order valence-corrected chi connectivity index (χ3v) is 4.08. The van der Waals surface area contributed by atoms with E-state index < -0.39 is 35.2 Å². The lowest BCUT2D eigenvalue weighted by molar-refractivity contribution is -0.163. The van der Waals surface area contributed by atoms with Gasteiger partial charge in [0.15, 0.2) is 17.7 Å². The lowest BCUT2D eigenvalue weighted by Gasteiger charge is -2.22. The first kappa shape index (κ1) is 18.6. The van der Waals surface area contributed by atoms with Crippen molar-refractivity contribution in [3.8, 4) is 5.75 Å². The minimum absolute atomic E-state index is 0.196. The van der Waals surface area contributed by atoms with Crippen LogP contribution in [0.1, 0.15) is 31.7 Å². The molecule has 134 valence electrons. The zero-order valence-electron chi connectivity index (χ0n) is 14.2. The molecular formula is C17H22F2O5. The van der Waals surface area contributed by atoms with Gasteiger partial charge in [0, 0.05) is 18.6 Å². The van der Waals surface area contributed by atoms with Gasteiger partial charge < -0.3 is 18.9 Å². The Labute approximate surface area is 139 Å². The van der Waals surface area contributed by atoms with Gasteiger partial charge in [-0.2, -0.15) is 4.39 Å². The second-order valence-electron chi connectivity index (χ2n) is 5.97. The van der Waals surface area contributed by atoms with Crippen molar-refractivity contribution in [1.82, 2.24) is 0 Å². The highest BCUT2D eigenvalue weighted by Gasteiger charge is 2.49. The normalized spacial score (nSPS) is 26.4. The summed E-state index contributed by atoms with van der Waals surface area (Å²) in [6.45, 7) is 3.94. The smallest absolute Gasteiger partial charge is 0.335 e. The predicted octanol–water partition coefficient (Wildman–Crippen LogP) is 2.81. The predicted molar refractivity (Wildman–Crippen MR) is 82.1 cm³/mol. The zero-order chi connectivity index (χ0) is 17.9. The monoisotopic (exact) mass is 344 g/mol. The molecule has 1 aromatic rings. The number of carbonyl (C=O) groups is 1. The van der Waals surface area contributed by atoms with Crippen molar-refractivity contribution >= 4 is 5.97 Å². The fraction of sp³-hybridized carbons (Fsp3) is 0.588. The van der Waals surface area contributed by atoms with Crippen molar-refractivity contribution < 1.29 is 32.5 Å². The van der Waals surface area contributed by atoms with Crippen LogP contribution in [0.5, 0.6) is 5.75 Å². The van der Waals surface area contributed by atoms with Crippen molar-refractivity contribution in [2.75, 3.05) is 27.4 Å².